The van der Waals surface area contributed by atoms with E-state index in [4.69, 9.17) is 0 Å². The van der Waals surface area contributed by atoms with Gasteiger partial charge in [0, 0.05) is 19.2 Å². The number of aromatic nitrogens is 3. The summed E-state index contributed by atoms with van der Waals surface area (Å²) in [7, 11) is 1.43. The molecule has 0 aliphatic heterocycles. The smallest absolute Gasteiger partial charge is 0.278 e. The third kappa shape index (κ3) is 1.91. The van der Waals surface area contributed by atoms with Crippen LogP contribution in [0.3, 0.4) is 0 Å². The van der Waals surface area contributed by atoms with Crippen LogP contribution in [0.5, 0.6) is 0 Å². The third-order valence-corrected chi connectivity index (χ3v) is 2.61. The second-order valence-electron chi connectivity index (χ2n) is 3.67. The van der Waals surface area contributed by atoms with Crippen molar-refractivity contribution in [2.75, 3.05) is 0 Å². The van der Waals surface area contributed by atoms with Crippen molar-refractivity contribution in [3.8, 4) is 11.4 Å². The van der Waals surface area contributed by atoms with E-state index in [0.717, 1.165) is 10.1 Å². The van der Waals surface area contributed by atoms with Gasteiger partial charge in [-0.3, -0.25) is 4.57 Å². The number of hydrogen-bond donors (Lipinski definition) is 0. The van der Waals surface area contributed by atoms with E-state index in [-0.39, 0.29) is 5.69 Å². The SMILES string of the molecule is CCn1c(-c2ccccc2)nc(=O)n(C)c1=O. The molecule has 0 saturated carbocycles. The molecule has 0 amide bonds. The zero-order valence-electron chi connectivity index (χ0n) is 9.75. The second kappa shape index (κ2) is 4.37. The first-order chi connectivity index (χ1) is 8.15. The van der Waals surface area contributed by atoms with E-state index in [1.807, 2.05) is 37.3 Å². The highest BCUT2D eigenvalue weighted by Gasteiger charge is 2.10. The zero-order chi connectivity index (χ0) is 12.4. The molecule has 5 heteroatoms. The molecule has 2 rings (SSSR count). The molecule has 2 aromatic rings. The quantitative estimate of drug-likeness (QED) is 0.761. The van der Waals surface area contributed by atoms with Crippen LogP contribution in [0.25, 0.3) is 11.4 Å². The Hall–Kier alpha value is -2.17. The molecular formula is C12H13N3O2. The van der Waals surface area contributed by atoms with E-state index in [2.05, 4.69) is 4.98 Å². The van der Waals surface area contributed by atoms with Crippen molar-refractivity contribution in [2.24, 2.45) is 7.05 Å². The van der Waals surface area contributed by atoms with Crippen LogP contribution in [0, 0.1) is 0 Å². The maximum absolute atomic E-state index is 11.9. The summed E-state index contributed by atoms with van der Waals surface area (Å²) in [5.41, 5.74) is -0.103. The molecule has 1 aromatic carbocycles. The lowest BCUT2D eigenvalue weighted by atomic mass is 10.2. The molecule has 1 aromatic heterocycles. The first-order valence-corrected chi connectivity index (χ1v) is 5.38. The summed E-state index contributed by atoms with van der Waals surface area (Å²) in [5.74, 6) is 0.418. The van der Waals surface area contributed by atoms with E-state index in [1.165, 1.54) is 11.6 Å². The van der Waals surface area contributed by atoms with Crippen molar-refractivity contribution in [2.45, 2.75) is 13.5 Å². The highest BCUT2D eigenvalue weighted by molar-refractivity contribution is 5.54. The number of rotatable bonds is 2. The number of hydrogen-bond acceptors (Lipinski definition) is 3. The van der Waals surface area contributed by atoms with Gasteiger partial charge in [0.05, 0.1) is 0 Å². The Kier molecular flexibility index (Phi) is 2.91. The summed E-state index contributed by atoms with van der Waals surface area (Å²) >= 11 is 0. The Morgan fingerprint density at radius 2 is 1.82 bits per heavy atom. The normalized spacial score (nSPS) is 10.5. The van der Waals surface area contributed by atoms with Gasteiger partial charge in [-0.05, 0) is 6.92 Å². The van der Waals surface area contributed by atoms with Crippen molar-refractivity contribution in [3.05, 3.63) is 51.3 Å². The molecule has 88 valence electrons. The highest BCUT2D eigenvalue weighted by atomic mass is 16.2. The largest absolute Gasteiger partial charge is 0.353 e. The fourth-order valence-electron chi connectivity index (χ4n) is 1.67. The summed E-state index contributed by atoms with van der Waals surface area (Å²) in [6.07, 6.45) is 0. The first kappa shape index (κ1) is 11.3. The average molecular weight is 231 g/mol. The van der Waals surface area contributed by atoms with Crippen LogP contribution in [-0.4, -0.2) is 14.1 Å². The molecule has 0 N–H and O–H groups in total. The summed E-state index contributed by atoms with van der Waals surface area (Å²) < 4.78 is 2.49. The zero-order valence-corrected chi connectivity index (χ0v) is 9.75. The average Bonchev–Trinajstić information content (AvgIpc) is 2.36. The van der Waals surface area contributed by atoms with Crippen molar-refractivity contribution < 1.29 is 0 Å². The second-order valence-corrected chi connectivity index (χ2v) is 3.67. The Balaban J connectivity index is 2.79. The molecule has 0 aliphatic carbocycles. The molecule has 17 heavy (non-hydrogen) atoms. The minimum absolute atomic E-state index is 0.341. The monoisotopic (exact) mass is 231 g/mol. The maximum Gasteiger partial charge on any atom is 0.353 e. The molecule has 5 nitrogen and oxygen atoms in total. The van der Waals surface area contributed by atoms with Gasteiger partial charge in [-0.25, -0.2) is 14.2 Å². The molecule has 1 heterocycles. The predicted octanol–water partition coefficient (Wildman–Crippen LogP) is 0.629. The van der Waals surface area contributed by atoms with E-state index in [1.54, 1.807) is 0 Å². The molecule has 0 fully saturated rings. The Morgan fingerprint density at radius 3 is 2.41 bits per heavy atom. The maximum atomic E-state index is 11.9. The van der Waals surface area contributed by atoms with Crippen LogP contribution >= 0.6 is 0 Å². The molecule has 0 atom stereocenters. The van der Waals surface area contributed by atoms with E-state index >= 15 is 0 Å². The summed E-state index contributed by atoms with van der Waals surface area (Å²) in [4.78, 5) is 27.4. The molecule has 0 saturated heterocycles. The molecule has 0 aliphatic rings. The first-order valence-electron chi connectivity index (χ1n) is 5.38. The van der Waals surface area contributed by atoms with E-state index in [9.17, 15) is 9.59 Å². The Labute approximate surface area is 98.0 Å². The summed E-state index contributed by atoms with van der Waals surface area (Å²) in [6, 6.07) is 9.22. The molecule has 0 bridgehead atoms. The van der Waals surface area contributed by atoms with Crippen molar-refractivity contribution >= 4 is 0 Å². The van der Waals surface area contributed by atoms with Gasteiger partial charge < -0.3 is 0 Å². The van der Waals surface area contributed by atoms with Gasteiger partial charge in [0.25, 0.3) is 0 Å². The lowest BCUT2D eigenvalue weighted by Crippen LogP contribution is -2.40. The Morgan fingerprint density at radius 1 is 1.18 bits per heavy atom. The van der Waals surface area contributed by atoms with Gasteiger partial charge in [-0.2, -0.15) is 4.98 Å². The van der Waals surface area contributed by atoms with Gasteiger partial charge in [0.15, 0.2) is 0 Å². The number of benzene rings is 1. The lowest BCUT2D eigenvalue weighted by Gasteiger charge is -2.10. The van der Waals surface area contributed by atoms with Gasteiger partial charge in [-0.15, -0.1) is 0 Å². The number of nitrogens with zero attached hydrogens (tertiary/aromatic N) is 3. The van der Waals surface area contributed by atoms with Gasteiger partial charge in [-0.1, -0.05) is 30.3 Å². The van der Waals surface area contributed by atoms with Crippen molar-refractivity contribution in [1.29, 1.82) is 0 Å². The van der Waals surface area contributed by atoms with Crippen LogP contribution in [0.2, 0.25) is 0 Å². The summed E-state index contributed by atoms with van der Waals surface area (Å²) in [5, 5.41) is 0. The molecular weight excluding hydrogens is 218 g/mol. The topological polar surface area (TPSA) is 56.9 Å². The van der Waals surface area contributed by atoms with Crippen LogP contribution < -0.4 is 11.4 Å². The third-order valence-electron chi connectivity index (χ3n) is 2.61. The molecule has 0 unspecified atom stereocenters. The standard InChI is InChI=1S/C12H13N3O2/c1-3-15-10(9-7-5-4-6-8-9)13-11(16)14(2)12(15)17/h4-8H,3H2,1-2H3. The van der Waals surface area contributed by atoms with Crippen molar-refractivity contribution in [3.63, 3.8) is 0 Å². The fourth-order valence-corrected chi connectivity index (χ4v) is 1.67. The van der Waals surface area contributed by atoms with Crippen LogP contribution in [0.1, 0.15) is 6.92 Å². The van der Waals surface area contributed by atoms with E-state index < -0.39 is 5.69 Å². The Bertz CT molecular complexity index is 641. The summed E-state index contributed by atoms with van der Waals surface area (Å²) in [6.45, 7) is 2.32. The predicted molar refractivity (Wildman–Crippen MR) is 64.8 cm³/mol. The van der Waals surface area contributed by atoms with E-state index in [0.29, 0.717) is 12.4 Å². The lowest BCUT2D eigenvalue weighted by molar-refractivity contribution is 0.606. The molecule has 0 spiro atoms. The fraction of sp³-hybridized carbons (Fsp3) is 0.250. The van der Waals surface area contributed by atoms with Gasteiger partial charge in [0.1, 0.15) is 5.82 Å². The van der Waals surface area contributed by atoms with Crippen LogP contribution in [-0.2, 0) is 13.6 Å². The van der Waals surface area contributed by atoms with Crippen LogP contribution in [0.4, 0.5) is 0 Å². The van der Waals surface area contributed by atoms with Gasteiger partial charge >= 0.3 is 11.4 Å². The molecule has 0 radical (unpaired) electrons. The van der Waals surface area contributed by atoms with Gasteiger partial charge in [0.2, 0.25) is 0 Å². The minimum Gasteiger partial charge on any atom is -0.278 e. The highest BCUT2D eigenvalue weighted by Crippen LogP contribution is 2.12. The minimum atomic E-state index is -0.529. The van der Waals surface area contributed by atoms with Crippen LogP contribution in [0.15, 0.2) is 39.9 Å². The van der Waals surface area contributed by atoms with Crippen molar-refractivity contribution in [1.82, 2.24) is 14.1 Å².